The van der Waals surface area contributed by atoms with E-state index in [9.17, 15) is 4.39 Å². The molecule has 0 radical (unpaired) electrons. The maximum atomic E-state index is 13.7. The monoisotopic (exact) mass is 321 g/mol. The summed E-state index contributed by atoms with van der Waals surface area (Å²) in [5.74, 6) is 1.02. The molecule has 0 unspecified atom stereocenters. The molecule has 0 aliphatic rings. The van der Waals surface area contributed by atoms with E-state index in [0.29, 0.717) is 22.6 Å². The fourth-order valence-corrected chi connectivity index (χ4v) is 2.24. The molecule has 0 atom stereocenters. The minimum atomic E-state index is -0.307. The Morgan fingerprint density at radius 3 is 2.50 bits per heavy atom. The lowest BCUT2D eigenvalue weighted by Gasteiger charge is -2.01. The minimum Gasteiger partial charge on any atom is -0.416 e. The molecule has 1 aromatic carbocycles. The summed E-state index contributed by atoms with van der Waals surface area (Å²) in [5.41, 5.74) is 1.79. The first kappa shape index (κ1) is 14.3. The second-order valence-corrected chi connectivity index (χ2v) is 5.25. The minimum absolute atomic E-state index is 0.266. The van der Waals surface area contributed by atoms with E-state index in [1.54, 1.807) is 48.5 Å². The maximum Gasteiger partial charge on any atom is 0.249 e. The number of halogens is 1. The van der Waals surface area contributed by atoms with E-state index < -0.39 is 0 Å². The molecule has 4 aromatic rings. The lowest BCUT2D eigenvalue weighted by atomic mass is 10.1. The van der Waals surface area contributed by atoms with E-state index >= 15 is 0 Å². The Morgan fingerprint density at radius 2 is 1.83 bits per heavy atom. The van der Waals surface area contributed by atoms with Gasteiger partial charge in [-0.3, -0.25) is 4.57 Å². The van der Waals surface area contributed by atoms with Gasteiger partial charge in [0, 0.05) is 24.2 Å². The van der Waals surface area contributed by atoms with Gasteiger partial charge in [0.25, 0.3) is 0 Å². The molecule has 7 heteroatoms. The molecule has 0 aliphatic carbocycles. The third kappa shape index (κ3) is 2.56. The number of aryl methyl sites for hydroxylation is 1. The number of hydrogen-bond acceptors (Lipinski definition) is 5. The van der Waals surface area contributed by atoms with Crippen molar-refractivity contribution >= 4 is 0 Å². The van der Waals surface area contributed by atoms with Gasteiger partial charge in [-0.1, -0.05) is 6.07 Å². The van der Waals surface area contributed by atoms with E-state index in [1.807, 2.05) is 12.1 Å². The van der Waals surface area contributed by atoms with Crippen LogP contribution in [0.25, 0.3) is 28.7 Å². The van der Waals surface area contributed by atoms with Gasteiger partial charge in [-0.25, -0.2) is 14.4 Å². The highest BCUT2D eigenvalue weighted by Crippen LogP contribution is 2.25. The second-order valence-electron chi connectivity index (χ2n) is 5.25. The van der Waals surface area contributed by atoms with Crippen molar-refractivity contribution < 1.29 is 8.81 Å². The Kier molecular flexibility index (Phi) is 3.38. The van der Waals surface area contributed by atoms with Crippen LogP contribution in [0.5, 0.6) is 0 Å². The highest BCUT2D eigenvalue weighted by atomic mass is 19.1. The summed E-state index contributed by atoms with van der Waals surface area (Å²) < 4.78 is 21.1. The zero-order valence-electron chi connectivity index (χ0n) is 12.7. The predicted octanol–water partition coefficient (Wildman–Crippen LogP) is 3.43. The van der Waals surface area contributed by atoms with Crippen LogP contribution < -0.4 is 0 Å². The summed E-state index contributed by atoms with van der Waals surface area (Å²) >= 11 is 0. The smallest absolute Gasteiger partial charge is 0.249 e. The number of hydrogen-bond donors (Lipinski definition) is 0. The Labute approximate surface area is 136 Å². The van der Waals surface area contributed by atoms with E-state index in [-0.39, 0.29) is 11.7 Å². The summed E-state index contributed by atoms with van der Waals surface area (Å²) in [5, 5.41) is 7.99. The molecule has 0 saturated heterocycles. The number of aromatic nitrogens is 5. The Morgan fingerprint density at radius 1 is 1.04 bits per heavy atom. The van der Waals surface area contributed by atoms with Crippen molar-refractivity contribution in [3.05, 3.63) is 66.6 Å². The van der Waals surface area contributed by atoms with Gasteiger partial charge >= 0.3 is 0 Å². The lowest BCUT2D eigenvalue weighted by Crippen LogP contribution is -1.93. The van der Waals surface area contributed by atoms with Gasteiger partial charge in [0.2, 0.25) is 11.8 Å². The van der Waals surface area contributed by atoms with Gasteiger partial charge in [0.15, 0.2) is 0 Å². The van der Waals surface area contributed by atoms with Gasteiger partial charge < -0.3 is 4.42 Å². The van der Waals surface area contributed by atoms with Crippen LogP contribution in [0.2, 0.25) is 0 Å². The van der Waals surface area contributed by atoms with E-state index in [2.05, 4.69) is 20.2 Å². The quantitative estimate of drug-likeness (QED) is 0.578. The van der Waals surface area contributed by atoms with Crippen molar-refractivity contribution in [3.63, 3.8) is 0 Å². The number of pyridine rings is 1. The summed E-state index contributed by atoms with van der Waals surface area (Å²) in [6.45, 7) is 1.70. The largest absolute Gasteiger partial charge is 0.416 e. The van der Waals surface area contributed by atoms with Crippen LogP contribution in [0, 0.1) is 12.7 Å². The topological polar surface area (TPSA) is 69.6 Å². The molecule has 0 amide bonds. The first-order chi connectivity index (χ1) is 11.7. The molecule has 118 valence electrons. The van der Waals surface area contributed by atoms with Crippen molar-refractivity contribution in [1.82, 2.24) is 24.7 Å². The molecule has 0 spiro atoms. The van der Waals surface area contributed by atoms with Crippen LogP contribution in [-0.2, 0) is 0 Å². The fourth-order valence-electron chi connectivity index (χ4n) is 2.24. The Hall–Kier alpha value is -3.35. The first-order valence-electron chi connectivity index (χ1n) is 7.25. The summed E-state index contributed by atoms with van der Waals surface area (Å²) in [7, 11) is 0. The number of rotatable bonds is 3. The number of nitrogens with zero attached hydrogens (tertiary/aromatic N) is 5. The van der Waals surface area contributed by atoms with Crippen molar-refractivity contribution in [3.8, 4) is 28.7 Å². The lowest BCUT2D eigenvalue weighted by molar-refractivity contribution is 0.581. The van der Waals surface area contributed by atoms with Crippen LogP contribution >= 0.6 is 0 Å². The highest BCUT2D eigenvalue weighted by molar-refractivity contribution is 5.58. The molecule has 3 aromatic heterocycles. The zero-order chi connectivity index (χ0) is 16.5. The molecule has 0 aliphatic heterocycles. The summed E-state index contributed by atoms with van der Waals surface area (Å²) in [6, 6.07) is 8.46. The highest BCUT2D eigenvalue weighted by Gasteiger charge is 2.12. The van der Waals surface area contributed by atoms with Crippen molar-refractivity contribution in [2.24, 2.45) is 0 Å². The molecule has 24 heavy (non-hydrogen) atoms. The SMILES string of the molecule is Cc1ccc(-c2nnc(-c3ccc(-n4ccnc4)nc3)o2)cc1F. The molecule has 0 saturated carbocycles. The van der Waals surface area contributed by atoms with Gasteiger partial charge in [-0.2, -0.15) is 0 Å². The zero-order valence-corrected chi connectivity index (χ0v) is 12.7. The summed E-state index contributed by atoms with van der Waals surface area (Å²) in [6.07, 6.45) is 6.79. The Bertz CT molecular complexity index is 977. The molecule has 0 fully saturated rings. The molecule has 0 bridgehead atoms. The number of imidazole rings is 1. The summed E-state index contributed by atoms with van der Waals surface area (Å²) in [4.78, 5) is 8.32. The van der Waals surface area contributed by atoms with Gasteiger partial charge in [-0.15, -0.1) is 10.2 Å². The van der Waals surface area contributed by atoms with Gasteiger partial charge in [-0.05, 0) is 36.8 Å². The molecule has 4 rings (SSSR count). The first-order valence-corrected chi connectivity index (χ1v) is 7.25. The molecule has 6 nitrogen and oxygen atoms in total. The average Bonchev–Trinajstić information content (AvgIpc) is 3.29. The standard InChI is InChI=1S/C17H12FN5O/c1-11-2-3-12(8-14(11)18)16-21-22-17(24-16)13-4-5-15(20-9-13)23-7-6-19-10-23/h2-10H,1H3. The van der Waals surface area contributed by atoms with E-state index in [1.165, 1.54) is 6.07 Å². The maximum absolute atomic E-state index is 13.7. The Balaban J connectivity index is 1.63. The van der Waals surface area contributed by atoms with Crippen molar-refractivity contribution in [2.45, 2.75) is 6.92 Å². The molecular formula is C17H12FN5O. The van der Waals surface area contributed by atoms with Crippen LogP contribution in [0.4, 0.5) is 4.39 Å². The number of benzene rings is 1. The molecule has 3 heterocycles. The normalized spacial score (nSPS) is 10.9. The van der Waals surface area contributed by atoms with Crippen LogP contribution in [0.3, 0.4) is 0 Å². The van der Waals surface area contributed by atoms with Crippen molar-refractivity contribution in [2.75, 3.05) is 0 Å². The van der Waals surface area contributed by atoms with Crippen LogP contribution in [-0.4, -0.2) is 24.7 Å². The third-order valence-corrected chi connectivity index (χ3v) is 3.61. The van der Waals surface area contributed by atoms with E-state index in [0.717, 1.165) is 5.82 Å². The second kappa shape index (κ2) is 5.69. The van der Waals surface area contributed by atoms with Gasteiger partial charge in [0.05, 0.1) is 5.56 Å². The van der Waals surface area contributed by atoms with Gasteiger partial charge in [0.1, 0.15) is 18.0 Å². The average molecular weight is 321 g/mol. The van der Waals surface area contributed by atoms with Crippen LogP contribution in [0.1, 0.15) is 5.56 Å². The molecular weight excluding hydrogens is 309 g/mol. The predicted molar refractivity (Wildman–Crippen MR) is 84.8 cm³/mol. The molecule has 0 N–H and O–H groups in total. The van der Waals surface area contributed by atoms with Crippen molar-refractivity contribution in [1.29, 1.82) is 0 Å². The van der Waals surface area contributed by atoms with E-state index in [4.69, 9.17) is 4.42 Å². The van der Waals surface area contributed by atoms with Crippen LogP contribution in [0.15, 0.2) is 59.7 Å². The fraction of sp³-hybridized carbons (Fsp3) is 0.0588. The third-order valence-electron chi connectivity index (χ3n) is 3.61.